The number of halogens is 1. The number of rotatable bonds is 2. The molecule has 1 aromatic carbocycles. The minimum atomic E-state index is -0.101. The molecule has 0 aromatic heterocycles. The van der Waals surface area contributed by atoms with E-state index >= 15 is 0 Å². The van der Waals surface area contributed by atoms with Gasteiger partial charge >= 0.3 is 0 Å². The largest absolute Gasteiger partial charge is 0.368 e. The SMILES string of the molecule is Fc1ccccc1N1CCCN(C2CNC2)CC1. The summed E-state index contributed by atoms with van der Waals surface area (Å²) in [5.74, 6) is -0.101. The lowest BCUT2D eigenvalue weighted by Gasteiger charge is -2.37. The number of hydrogen-bond donors (Lipinski definition) is 1. The fourth-order valence-electron chi connectivity index (χ4n) is 2.78. The average molecular weight is 249 g/mol. The van der Waals surface area contributed by atoms with Crippen LogP contribution >= 0.6 is 0 Å². The van der Waals surface area contributed by atoms with Gasteiger partial charge in [-0.25, -0.2) is 4.39 Å². The predicted molar refractivity (Wildman–Crippen MR) is 71.5 cm³/mol. The van der Waals surface area contributed by atoms with Crippen molar-refractivity contribution in [3.8, 4) is 0 Å². The van der Waals surface area contributed by atoms with Gasteiger partial charge in [0.25, 0.3) is 0 Å². The minimum absolute atomic E-state index is 0.101. The van der Waals surface area contributed by atoms with Crippen LogP contribution in [0.5, 0.6) is 0 Å². The summed E-state index contributed by atoms with van der Waals surface area (Å²) in [6.45, 7) is 6.28. The summed E-state index contributed by atoms with van der Waals surface area (Å²) >= 11 is 0. The summed E-state index contributed by atoms with van der Waals surface area (Å²) in [6.07, 6.45) is 1.12. The number of para-hydroxylation sites is 1. The van der Waals surface area contributed by atoms with Crippen molar-refractivity contribution in [2.45, 2.75) is 12.5 Å². The Labute approximate surface area is 108 Å². The molecule has 2 fully saturated rings. The van der Waals surface area contributed by atoms with Crippen LogP contribution < -0.4 is 10.2 Å². The Balaban J connectivity index is 1.66. The van der Waals surface area contributed by atoms with Gasteiger partial charge in [-0.15, -0.1) is 0 Å². The van der Waals surface area contributed by atoms with Crippen LogP contribution in [0.2, 0.25) is 0 Å². The molecule has 98 valence electrons. The van der Waals surface area contributed by atoms with Crippen molar-refractivity contribution in [3.05, 3.63) is 30.1 Å². The molecule has 3 rings (SSSR count). The van der Waals surface area contributed by atoms with Gasteiger partial charge in [-0.1, -0.05) is 12.1 Å². The Bertz CT molecular complexity index is 406. The second-order valence-corrected chi connectivity index (χ2v) is 5.14. The molecule has 1 N–H and O–H groups in total. The zero-order valence-corrected chi connectivity index (χ0v) is 10.6. The molecule has 2 aliphatic rings. The first-order valence-corrected chi connectivity index (χ1v) is 6.79. The van der Waals surface area contributed by atoms with Crippen molar-refractivity contribution < 1.29 is 4.39 Å². The highest BCUT2D eigenvalue weighted by Crippen LogP contribution is 2.21. The van der Waals surface area contributed by atoms with Crippen LogP contribution in [0.15, 0.2) is 24.3 Å². The second kappa shape index (κ2) is 5.24. The van der Waals surface area contributed by atoms with Crippen molar-refractivity contribution in [2.75, 3.05) is 44.2 Å². The molecule has 18 heavy (non-hydrogen) atoms. The molecular formula is C14H20FN3. The molecule has 0 spiro atoms. The first-order valence-electron chi connectivity index (χ1n) is 6.79. The van der Waals surface area contributed by atoms with Crippen LogP contribution in [-0.4, -0.2) is 50.2 Å². The first-order chi connectivity index (χ1) is 8.84. The first kappa shape index (κ1) is 11.9. The Morgan fingerprint density at radius 1 is 1.06 bits per heavy atom. The summed E-state index contributed by atoms with van der Waals surface area (Å²) in [7, 11) is 0. The molecule has 2 saturated heterocycles. The molecule has 0 aliphatic carbocycles. The number of nitrogens with one attached hydrogen (secondary N) is 1. The monoisotopic (exact) mass is 249 g/mol. The molecule has 3 nitrogen and oxygen atoms in total. The van der Waals surface area contributed by atoms with Crippen molar-refractivity contribution in [1.29, 1.82) is 0 Å². The van der Waals surface area contributed by atoms with Crippen molar-refractivity contribution >= 4 is 5.69 Å². The fourth-order valence-corrected chi connectivity index (χ4v) is 2.78. The standard InChI is InChI=1S/C14H20FN3/c15-13-4-1-2-5-14(13)18-7-3-6-17(8-9-18)12-10-16-11-12/h1-2,4-5,12,16H,3,6-11H2. The third-order valence-electron chi connectivity index (χ3n) is 4.00. The van der Waals surface area contributed by atoms with Gasteiger partial charge in [0.15, 0.2) is 0 Å². The van der Waals surface area contributed by atoms with Crippen molar-refractivity contribution in [1.82, 2.24) is 10.2 Å². The van der Waals surface area contributed by atoms with Gasteiger partial charge in [0.05, 0.1) is 5.69 Å². The molecule has 0 amide bonds. The molecule has 4 heteroatoms. The number of anilines is 1. The van der Waals surface area contributed by atoms with E-state index in [0.29, 0.717) is 6.04 Å². The van der Waals surface area contributed by atoms with Crippen LogP contribution in [-0.2, 0) is 0 Å². The van der Waals surface area contributed by atoms with E-state index in [1.807, 2.05) is 12.1 Å². The summed E-state index contributed by atoms with van der Waals surface area (Å²) < 4.78 is 13.8. The maximum Gasteiger partial charge on any atom is 0.146 e. The van der Waals surface area contributed by atoms with E-state index in [4.69, 9.17) is 0 Å². The molecule has 1 aromatic rings. The fraction of sp³-hybridized carbons (Fsp3) is 0.571. The van der Waals surface area contributed by atoms with Crippen molar-refractivity contribution in [2.24, 2.45) is 0 Å². The van der Waals surface area contributed by atoms with E-state index in [9.17, 15) is 4.39 Å². The lowest BCUT2D eigenvalue weighted by Crippen LogP contribution is -2.57. The highest BCUT2D eigenvalue weighted by atomic mass is 19.1. The van der Waals surface area contributed by atoms with Crippen LogP contribution in [0.3, 0.4) is 0 Å². The van der Waals surface area contributed by atoms with Gasteiger partial charge in [-0.3, -0.25) is 4.90 Å². The van der Waals surface area contributed by atoms with Gasteiger partial charge in [-0.05, 0) is 18.6 Å². The lowest BCUT2D eigenvalue weighted by atomic mass is 10.1. The molecule has 0 atom stereocenters. The highest BCUT2D eigenvalue weighted by Gasteiger charge is 2.26. The summed E-state index contributed by atoms with van der Waals surface area (Å²) in [6, 6.07) is 7.80. The molecule has 0 saturated carbocycles. The van der Waals surface area contributed by atoms with Gasteiger partial charge in [0, 0.05) is 45.3 Å². The van der Waals surface area contributed by atoms with E-state index in [1.54, 1.807) is 12.1 Å². The molecule has 2 aliphatic heterocycles. The number of nitrogens with zero attached hydrogens (tertiary/aromatic N) is 2. The third kappa shape index (κ3) is 2.35. The van der Waals surface area contributed by atoms with E-state index < -0.39 is 0 Å². The van der Waals surface area contributed by atoms with Gasteiger partial charge in [0.2, 0.25) is 0 Å². The van der Waals surface area contributed by atoms with Gasteiger partial charge in [0.1, 0.15) is 5.82 Å². The van der Waals surface area contributed by atoms with Gasteiger partial charge in [-0.2, -0.15) is 0 Å². The highest BCUT2D eigenvalue weighted by molar-refractivity contribution is 5.47. The van der Waals surface area contributed by atoms with Crippen LogP contribution in [0.25, 0.3) is 0 Å². The summed E-state index contributed by atoms with van der Waals surface area (Å²) in [4.78, 5) is 4.72. The maximum atomic E-state index is 13.8. The Hall–Kier alpha value is -1.13. The Morgan fingerprint density at radius 3 is 2.61 bits per heavy atom. The third-order valence-corrected chi connectivity index (χ3v) is 4.00. The van der Waals surface area contributed by atoms with Gasteiger partial charge < -0.3 is 10.2 Å². The molecule has 0 unspecified atom stereocenters. The van der Waals surface area contributed by atoms with Crippen LogP contribution in [0.1, 0.15) is 6.42 Å². The number of hydrogen-bond acceptors (Lipinski definition) is 3. The van der Waals surface area contributed by atoms with Crippen LogP contribution in [0.4, 0.5) is 10.1 Å². The van der Waals surface area contributed by atoms with E-state index in [0.717, 1.165) is 51.4 Å². The van der Waals surface area contributed by atoms with Crippen molar-refractivity contribution in [3.63, 3.8) is 0 Å². The zero-order chi connectivity index (χ0) is 12.4. The van der Waals surface area contributed by atoms with Crippen LogP contribution in [0, 0.1) is 5.82 Å². The average Bonchev–Trinajstić information content (AvgIpc) is 2.54. The quantitative estimate of drug-likeness (QED) is 0.852. The molecule has 2 heterocycles. The zero-order valence-electron chi connectivity index (χ0n) is 10.6. The normalized spacial score (nSPS) is 22.6. The second-order valence-electron chi connectivity index (χ2n) is 5.14. The molecule has 0 bridgehead atoms. The predicted octanol–water partition coefficient (Wildman–Crippen LogP) is 1.31. The Kier molecular flexibility index (Phi) is 3.48. The minimum Gasteiger partial charge on any atom is -0.368 e. The smallest absolute Gasteiger partial charge is 0.146 e. The summed E-state index contributed by atoms with van der Waals surface area (Å²) in [5.41, 5.74) is 0.756. The van der Waals surface area contributed by atoms with E-state index in [-0.39, 0.29) is 5.82 Å². The van der Waals surface area contributed by atoms with E-state index in [2.05, 4.69) is 15.1 Å². The molecular weight excluding hydrogens is 229 g/mol. The number of benzene rings is 1. The topological polar surface area (TPSA) is 18.5 Å². The lowest BCUT2D eigenvalue weighted by molar-refractivity contribution is 0.155. The Morgan fingerprint density at radius 2 is 1.89 bits per heavy atom. The molecule has 0 radical (unpaired) electrons. The maximum absolute atomic E-state index is 13.8. The van der Waals surface area contributed by atoms with E-state index in [1.165, 1.54) is 0 Å². The summed E-state index contributed by atoms with van der Waals surface area (Å²) in [5, 5.41) is 3.32.